The summed E-state index contributed by atoms with van der Waals surface area (Å²) in [6.07, 6.45) is 4.80. The van der Waals surface area contributed by atoms with Crippen LogP contribution in [0.5, 0.6) is 0 Å². The van der Waals surface area contributed by atoms with Crippen LogP contribution < -0.4 is 0 Å². The maximum atomic E-state index is 11.0. The minimum atomic E-state index is -0.988. The van der Waals surface area contributed by atoms with Gasteiger partial charge < -0.3 is 10.1 Å². The third-order valence-electron chi connectivity index (χ3n) is 2.90. The number of carbonyl (C=O) groups is 1. The lowest BCUT2D eigenvalue weighted by molar-refractivity contribution is 0.0692. The van der Waals surface area contributed by atoms with Gasteiger partial charge >= 0.3 is 5.97 Å². The molecule has 0 saturated carbocycles. The van der Waals surface area contributed by atoms with Gasteiger partial charge in [-0.05, 0) is 18.4 Å². The summed E-state index contributed by atoms with van der Waals surface area (Å²) in [5.74, 6) is -0.988. The highest BCUT2D eigenvalue weighted by Crippen LogP contribution is 2.21. The Hall–Kier alpha value is -2.10. The fourth-order valence-electron chi connectivity index (χ4n) is 1.89. The van der Waals surface area contributed by atoms with Crippen LogP contribution in [0.4, 0.5) is 0 Å². The van der Waals surface area contributed by atoms with Crippen molar-refractivity contribution in [2.75, 3.05) is 0 Å². The van der Waals surface area contributed by atoms with E-state index in [1.807, 2.05) is 24.3 Å². The number of aromatic nitrogens is 2. The number of carboxylic acid groups (broad SMARTS) is 1. The molecule has 18 heavy (non-hydrogen) atoms. The van der Waals surface area contributed by atoms with E-state index in [4.69, 9.17) is 5.11 Å². The number of H-pyrrole nitrogens is 1. The van der Waals surface area contributed by atoms with Gasteiger partial charge in [0.1, 0.15) is 5.69 Å². The van der Waals surface area contributed by atoms with E-state index in [1.54, 1.807) is 0 Å². The Balaban J connectivity index is 2.23. The summed E-state index contributed by atoms with van der Waals surface area (Å²) in [7, 11) is 0. The van der Waals surface area contributed by atoms with Crippen molar-refractivity contribution in [3.63, 3.8) is 0 Å². The summed E-state index contributed by atoms with van der Waals surface area (Å²) >= 11 is 0. The van der Waals surface area contributed by atoms with Crippen LogP contribution in [-0.2, 0) is 6.42 Å². The van der Waals surface area contributed by atoms with E-state index < -0.39 is 5.97 Å². The number of nitrogens with zero attached hydrogens (tertiary/aromatic N) is 1. The van der Waals surface area contributed by atoms with Gasteiger partial charge in [-0.1, -0.05) is 37.6 Å². The van der Waals surface area contributed by atoms with Crippen molar-refractivity contribution in [2.24, 2.45) is 0 Å². The normalized spacial score (nSPS) is 10.5. The quantitative estimate of drug-likeness (QED) is 0.849. The van der Waals surface area contributed by atoms with Gasteiger partial charge in [-0.3, -0.25) is 0 Å². The zero-order chi connectivity index (χ0) is 13.0. The number of aromatic amines is 1. The minimum Gasteiger partial charge on any atom is -0.477 e. The molecule has 0 bridgehead atoms. The Labute approximate surface area is 106 Å². The lowest BCUT2D eigenvalue weighted by Gasteiger charge is -2.02. The minimum absolute atomic E-state index is 0.135. The summed E-state index contributed by atoms with van der Waals surface area (Å²) in [6, 6.07) is 7.91. The van der Waals surface area contributed by atoms with Gasteiger partial charge in [0.2, 0.25) is 0 Å². The molecule has 0 atom stereocenters. The van der Waals surface area contributed by atoms with Gasteiger partial charge in [-0.25, -0.2) is 9.78 Å². The molecule has 0 unspecified atom stereocenters. The van der Waals surface area contributed by atoms with E-state index in [9.17, 15) is 4.79 Å². The van der Waals surface area contributed by atoms with Crippen LogP contribution in [0.15, 0.2) is 30.6 Å². The molecule has 0 spiro atoms. The topological polar surface area (TPSA) is 66.0 Å². The first-order valence-corrected chi connectivity index (χ1v) is 6.08. The van der Waals surface area contributed by atoms with Crippen molar-refractivity contribution in [3.8, 4) is 11.3 Å². The molecule has 1 heterocycles. The third-order valence-corrected chi connectivity index (χ3v) is 2.90. The van der Waals surface area contributed by atoms with E-state index >= 15 is 0 Å². The highest BCUT2D eigenvalue weighted by Gasteiger charge is 2.14. The molecule has 0 aliphatic carbocycles. The lowest BCUT2D eigenvalue weighted by Crippen LogP contribution is -1.99. The largest absolute Gasteiger partial charge is 0.477 e. The second-order valence-electron chi connectivity index (χ2n) is 4.23. The predicted octanol–water partition coefficient (Wildman–Crippen LogP) is 3.12. The third kappa shape index (κ3) is 2.59. The second-order valence-corrected chi connectivity index (χ2v) is 4.23. The molecule has 2 N–H and O–H groups in total. The Morgan fingerprint density at radius 2 is 2.06 bits per heavy atom. The van der Waals surface area contributed by atoms with Gasteiger partial charge in [-0.15, -0.1) is 0 Å². The molecule has 2 rings (SSSR count). The molecule has 0 fully saturated rings. The SMILES string of the molecule is CCCCc1ccc(-c2nc[nH]c2C(=O)O)cc1. The molecule has 0 aliphatic rings. The molecule has 1 aromatic heterocycles. The molecule has 2 aromatic rings. The summed E-state index contributed by atoms with van der Waals surface area (Å²) in [5.41, 5.74) is 2.72. The number of carboxylic acids is 1. The van der Waals surface area contributed by atoms with Crippen molar-refractivity contribution in [3.05, 3.63) is 41.9 Å². The Bertz CT molecular complexity index is 529. The lowest BCUT2D eigenvalue weighted by atomic mass is 10.0. The van der Waals surface area contributed by atoms with Gasteiger partial charge in [-0.2, -0.15) is 0 Å². The fraction of sp³-hybridized carbons (Fsp3) is 0.286. The van der Waals surface area contributed by atoms with Gasteiger partial charge in [0.05, 0.1) is 6.33 Å². The molecular formula is C14H16N2O2. The van der Waals surface area contributed by atoms with Crippen LogP contribution in [0.3, 0.4) is 0 Å². The summed E-state index contributed by atoms with van der Waals surface area (Å²) in [6.45, 7) is 2.16. The standard InChI is InChI=1S/C14H16N2O2/c1-2-3-4-10-5-7-11(8-6-10)12-13(14(17)18)16-9-15-12/h5-9H,2-4H2,1H3,(H,15,16)(H,17,18). The van der Waals surface area contributed by atoms with Crippen molar-refractivity contribution >= 4 is 5.97 Å². The Kier molecular flexibility index (Phi) is 3.77. The zero-order valence-corrected chi connectivity index (χ0v) is 10.3. The van der Waals surface area contributed by atoms with Crippen molar-refractivity contribution in [2.45, 2.75) is 26.2 Å². The monoisotopic (exact) mass is 244 g/mol. The number of benzene rings is 1. The number of aryl methyl sites for hydroxylation is 1. The van der Waals surface area contributed by atoms with E-state index in [1.165, 1.54) is 24.7 Å². The average Bonchev–Trinajstić information content (AvgIpc) is 2.86. The molecule has 1 aromatic carbocycles. The first-order chi connectivity index (χ1) is 8.72. The number of hydrogen-bond acceptors (Lipinski definition) is 2. The highest BCUT2D eigenvalue weighted by atomic mass is 16.4. The average molecular weight is 244 g/mol. The van der Waals surface area contributed by atoms with Crippen LogP contribution in [0.2, 0.25) is 0 Å². The van der Waals surface area contributed by atoms with Gasteiger partial charge in [0.25, 0.3) is 0 Å². The molecule has 0 saturated heterocycles. The van der Waals surface area contributed by atoms with E-state index in [0.29, 0.717) is 5.69 Å². The number of unbranched alkanes of at least 4 members (excludes halogenated alkanes) is 1. The number of aromatic carboxylic acids is 1. The molecule has 4 heteroatoms. The van der Waals surface area contributed by atoms with Crippen molar-refractivity contribution < 1.29 is 9.90 Å². The molecular weight excluding hydrogens is 228 g/mol. The molecule has 4 nitrogen and oxygen atoms in total. The number of hydrogen-bond donors (Lipinski definition) is 2. The highest BCUT2D eigenvalue weighted by molar-refractivity contribution is 5.92. The summed E-state index contributed by atoms with van der Waals surface area (Å²) in [5, 5.41) is 9.02. The van der Waals surface area contributed by atoms with E-state index in [-0.39, 0.29) is 5.69 Å². The fourth-order valence-corrected chi connectivity index (χ4v) is 1.89. The van der Waals surface area contributed by atoms with Crippen LogP contribution in [-0.4, -0.2) is 21.0 Å². The zero-order valence-electron chi connectivity index (χ0n) is 10.3. The van der Waals surface area contributed by atoms with Crippen molar-refractivity contribution in [1.29, 1.82) is 0 Å². The Morgan fingerprint density at radius 1 is 1.33 bits per heavy atom. The maximum Gasteiger partial charge on any atom is 0.354 e. The second kappa shape index (κ2) is 5.49. The Morgan fingerprint density at radius 3 is 2.67 bits per heavy atom. The van der Waals surface area contributed by atoms with Crippen LogP contribution in [0.1, 0.15) is 35.8 Å². The number of nitrogens with one attached hydrogen (secondary N) is 1. The van der Waals surface area contributed by atoms with E-state index in [0.717, 1.165) is 12.0 Å². The summed E-state index contributed by atoms with van der Waals surface area (Å²) < 4.78 is 0. The number of imidazole rings is 1. The first kappa shape index (κ1) is 12.4. The molecule has 0 aliphatic heterocycles. The van der Waals surface area contributed by atoms with Crippen LogP contribution in [0.25, 0.3) is 11.3 Å². The first-order valence-electron chi connectivity index (χ1n) is 6.08. The maximum absolute atomic E-state index is 11.0. The van der Waals surface area contributed by atoms with Gasteiger partial charge in [0.15, 0.2) is 5.69 Å². The van der Waals surface area contributed by atoms with E-state index in [2.05, 4.69) is 16.9 Å². The van der Waals surface area contributed by atoms with Crippen LogP contribution >= 0.6 is 0 Å². The molecule has 0 radical (unpaired) electrons. The molecule has 0 amide bonds. The smallest absolute Gasteiger partial charge is 0.354 e. The van der Waals surface area contributed by atoms with Crippen LogP contribution in [0, 0.1) is 0 Å². The van der Waals surface area contributed by atoms with Crippen molar-refractivity contribution in [1.82, 2.24) is 9.97 Å². The number of rotatable bonds is 5. The predicted molar refractivity (Wildman–Crippen MR) is 69.6 cm³/mol. The molecule has 94 valence electrons. The van der Waals surface area contributed by atoms with Gasteiger partial charge in [0, 0.05) is 5.56 Å². The summed E-state index contributed by atoms with van der Waals surface area (Å²) in [4.78, 5) is 17.7.